The molecular weight excluding hydrogens is 402 g/mol. The van der Waals surface area contributed by atoms with Gasteiger partial charge in [0.15, 0.2) is 18.0 Å². The maximum absolute atomic E-state index is 13.4. The van der Waals surface area contributed by atoms with E-state index in [9.17, 15) is 4.79 Å². The summed E-state index contributed by atoms with van der Waals surface area (Å²) in [6, 6.07) is 12.6. The first-order chi connectivity index (χ1) is 15.8. The van der Waals surface area contributed by atoms with Crippen LogP contribution in [-0.4, -0.2) is 51.2 Å². The van der Waals surface area contributed by atoms with E-state index < -0.39 is 0 Å². The number of hydrogen-bond acceptors (Lipinski definition) is 6. The number of nitrogens with zero attached hydrogens (tertiary/aromatic N) is 5. The van der Waals surface area contributed by atoms with Crippen LogP contribution in [0.5, 0.6) is 0 Å². The highest BCUT2D eigenvalue weighted by atomic mass is 16.3. The molecule has 3 aromatic rings. The fourth-order valence-electron chi connectivity index (χ4n) is 4.74. The Morgan fingerprint density at radius 1 is 0.906 bits per heavy atom. The van der Waals surface area contributed by atoms with Crippen molar-refractivity contribution in [1.29, 1.82) is 0 Å². The average molecular weight is 430 g/mol. The Morgan fingerprint density at radius 2 is 1.66 bits per heavy atom. The Hall–Kier alpha value is -3.22. The SMILES string of the molecule is O=C(c1ccc(-c2cnco2)cc1)N(C1CC1)C1CCN(c2ccc(C3CC3)nn2)CC1. The molecule has 1 amide bonds. The molecule has 2 saturated carbocycles. The van der Waals surface area contributed by atoms with Crippen molar-refractivity contribution in [1.82, 2.24) is 20.1 Å². The fourth-order valence-corrected chi connectivity index (χ4v) is 4.74. The summed E-state index contributed by atoms with van der Waals surface area (Å²) in [6.07, 6.45) is 9.73. The number of rotatable bonds is 6. The lowest BCUT2D eigenvalue weighted by Gasteiger charge is -2.39. The lowest BCUT2D eigenvalue weighted by atomic mass is 10.0. The van der Waals surface area contributed by atoms with Crippen molar-refractivity contribution in [3.8, 4) is 11.3 Å². The number of benzene rings is 1. The van der Waals surface area contributed by atoms with Crippen LogP contribution >= 0.6 is 0 Å². The Kier molecular flexibility index (Phi) is 4.89. The maximum atomic E-state index is 13.4. The molecule has 1 aromatic carbocycles. The van der Waals surface area contributed by atoms with Gasteiger partial charge >= 0.3 is 0 Å². The highest BCUT2D eigenvalue weighted by molar-refractivity contribution is 5.95. The van der Waals surface area contributed by atoms with Gasteiger partial charge in [-0.15, -0.1) is 5.10 Å². The zero-order chi connectivity index (χ0) is 21.5. The number of aromatic nitrogens is 3. The van der Waals surface area contributed by atoms with Crippen molar-refractivity contribution >= 4 is 11.7 Å². The fraction of sp³-hybridized carbons (Fsp3) is 0.440. The first-order valence-corrected chi connectivity index (χ1v) is 11.7. The second-order valence-electron chi connectivity index (χ2n) is 9.20. The molecule has 1 saturated heterocycles. The van der Waals surface area contributed by atoms with Gasteiger partial charge in [-0.05, 0) is 62.8 Å². The summed E-state index contributed by atoms with van der Waals surface area (Å²) in [7, 11) is 0. The maximum Gasteiger partial charge on any atom is 0.254 e. The van der Waals surface area contributed by atoms with E-state index in [-0.39, 0.29) is 11.9 Å². The van der Waals surface area contributed by atoms with Crippen molar-refractivity contribution in [3.63, 3.8) is 0 Å². The number of amides is 1. The molecular formula is C25H27N5O2. The third-order valence-corrected chi connectivity index (χ3v) is 6.87. The summed E-state index contributed by atoms with van der Waals surface area (Å²) < 4.78 is 5.36. The van der Waals surface area contributed by atoms with Gasteiger partial charge in [0.2, 0.25) is 0 Å². The molecule has 3 fully saturated rings. The molecule has 3 heterocycles. The molecule has 0 bridgehead atoms. The molecule has 0 spiro atoms. The number of oxazole rings is 1. The van der Waals surface area contributed by atoms with Crippen LogP contribution in [0, 0.1) is 0 Å². The summed E-state index contributed by atoms with van der Waals surface area (Å²) in [5.41, 5.74) is 2.80. The van der Waals surface area contributed by atoms with Crippen molar-refractivity contribution in [2.45, 2.75) is 56.5 Å². The Bertz CT molecular complexity index is 1060. The van der Waals surface area contributed by atoms with E-state index in [2.05, 4.69) is 37.1 Å². The largest absolute Gasteiger partial charge is 0.444 e. The summed E-state index contributed by atoms with van der Waals surface area (Å²) in [4.78, 5) is 21.9. The third-order valence-electron chi connectivity index (χ3n) is 6.87. The van der Waals surface area contributed by atoms with Gasteiger partial charge in [-0.3, -0.25) is 4.79 Å². The van der Waals surface area contributed by atoms with E-state index in [0.717, 1.165) is 61.4 Å². The van der Waals surface area contributed by atoms with E-state index in [1.807, 2.05) is 24.3 Å². The van der Waals surface area contributed by atoms with Gasteiger partial charge < -0.3 is 14.2 Å². The average Bonchev–Trinajstić information content (AvgIpc) is 3.79. The second kappa shape index (κ2) is 8.04. The smallest absolute Gasteiger partial charge is 0.254 e. The van der Waals surface area contributed by atoms with Crippen LogP contribution < -0.4 is 4.90 Å². The molecule has 32 heavy (non-hydrogen) atoms. The third kappa shape index (κ3) is 3.87. The molecule has 3 aliphatic rings. The second-order valence-corrected chi connectivity index (χ2v) is 9.20. The molecule has 7 heteroatoms. The van der Waals surface area contributed by atoms with Crippen LogP contribution in [0.4, 0.5) is 5.82 Å². The van der Waals surface area contributed by atoms with Crippen LogP contribution in [0.15, 0.2) is 53.4 Å². The van der Waals surface area contributed by atoms with E-state index >= 15 is 0 Å². The van der Waals surface area contributed by atoms with Crippen molar-refractivity contribution in [2.75, 3.05) is 18.0 Å². The number of anilines is 1. The minimum absolute atomic E-state index is 0.142. The zero-order valence-electron chi connectivity index (χ0n) is 18.1. The van der Waals surface area contributed by atoms with E-state index in [1.54, 1.807) is 6.20 Å². The number of carbonyl (C=O) groups excluding carboxylic acids is 1. The quantitative estimate of drug-likeness (QED) is 0.582. The summed E-state index contributed by atoms with van der Waals surface area (Å²) in [5.74, 6) is 2.44. The van der Waals surface area contributed by atoms with Crippen molar-refractivity contribution in [2.24, 2.45) is 0 Å². The highest BCUT2D eigenvalue weighted by Crippen LogP contribution is 2.39. The molecule has 0 unspecified atom stereocenters. The van der Waals surface area contributed by atoms with Crippen LogP contribution in [0.3, 0.4) is 0 Å². The van der Waals surface area contributed by atoms with Crippen molar-refractivity contribution < 1.29 is 9.21 Å². The number of carbonyl (C=O) groups is 1. The van der Waals surface area contributed by atoms with Crippen LogP contribution in [0.25, 0.3) is 11.3 Å². The topological polar surface area (TPSA) is 75.4 Å². The summed E-state index contributed by atoms with van der Waals surface area (Å²) in [6.45, 7) is 1.81. The molecule has 6 rings (SSSR count). The van der Waals surface area contributed by atoms with Crippen LogP contribution in [0.1, 0.15) is 60.5 Å². The number of hydrogen-bond donors (Lipinski definition) is 0. The predicted octanol–water partition coefficient (Wildman–Crippen LogP) is 4.28. The minimum Gasteiger partial charge on any atom is -0.444 e. The zero-order valence-corrected chi connectivity index (χ0v) is 18.1. The van der Waals surface area contributed by atoms with Crippen LogP contribution in [0.2, 0.25) is 0 Å². The van der Waals surface area contributed by atoms with Gasteiger partial charge in [-0.2, -0.15) is 5.10 Å². The van der Waals surface area contributed by atoms with Gasteiger partial charge in [0.1, 0.15) is 0 Å². The normalized spacial score (nSPS) is 19.2. The highest BCUT2D eigenvalue weighted by Gasteiger charge is 2.39. The number of piperidine rings is 1. The Balaban J connectivity index is 1.12. The molecule has 0 N–H and O–H groups in total. The Morgan fingerprint density at radius 3 is 2.25 bits per heavy atom. The monoisotopic (exact) mass is 429 g/mol. The first-order valence-electron chi connectivity index (χ1n) is 11.7. The molecule has 1 aliphatic heterocycles. The predicted molar refractivity (Wildman–Crippen MR) is 120 cm³/mol. The van der Waals surface area contributed by atoms with Gasteiger partial charge in [0.05, 0.1) is 11.9 Å². The molecule has 2 aromatic heterocycles. The van der Waals surface area contributed by atoms with Gasteiger partial charge in [-0.25, -0.2) is 4.98 Å². The Labute approximate surface area is 187 Å². The summed E-state index contributed by atoms with van der Waals surface area (Å²) in [5, 5.41) is 8.91. The van der Waals surface area contributed by atoms with Crippen LogP contribution in [-0.2, 0) is 0 Å². The van der Waals surface area contributed by atoms with E-state index in [0.29, 0.717) is 17.7 Å². The van der Waals surface area contributed by atoms with Gasteiger partial charge in [0, 0.05) is 42.2 Å². The lowest BCUT2D eigenvalue weighted by Crippen LogP contribution is -2.48. The van der Waals surface area contributed by atoms with Crippen molar-refractivity contribution in [3.05, 3.63) is 60.2 Å². The summed E-state index contributed by atoms with van der Waals surface area (Å²) >= 11 is 0. The van der Waals surface area contributed by atoms with E-state index in [1.165, 1.54) is 19.2 Å². The molecule has 164 valence electrons. The lowest BCUT2D eigenvalue weighted by molar-refractivity contribution is 0.0630. The van der Waals surface area contributed by atoms with Gasteiger partial charge in [0.25, 0.3) is 5.91 Å². The van der Waals surface area contributed by atoms with E-state index in [4.69, 9.17) is 4.42 Å². The molecule has 0 radical (unpaired) electrons. The molecule has 2 aliphatic carbocycles. The first kappa shape index (κ1) is 19.5. The van der Waals surface area contributed by atoms with Gasteiger partial charge in [-0.1, -0.05) is 12.1 Å². The minimum atomic E-state index is 0.142. The molecule has 0 atom stereocenters. The standard InChI is InChI=1S/C25H27N5O2/c31-25(19-5-3-18(4-6-19)23-15-26-16-32-23)30(20-7-8-20)21-11-13-29(14-12-21)24-10-9-22(27-28-24)17-1-2-17/h3-6,9-10,15-17,20-21H,1-2,7-8,11-14H2. The molecule has 7 nitrogen and oxygen atoms in total.